The number of nitriles is 1. The number of piperidine rings is 1. The van der Waals surface area contributed by atoms with E-state index in [-0.39, 0.29) is 5.41 Å². The largest absolute Gasteiger partial charge is 0.329 e. The Morgan fingerprint density at radius 1 is 1.54 bits per heavy atom. The molecule has 3 N–H and O–H groups in total. The number of nitrogens with two attached hydrogens (primary N) is 1. The third kappa shape index (κ3) is 2.55. The molecule has 13 heavy (non-hydrogen) atoms. The highest BCUT2D eigenvalue weighted by Crippen LogP contribution is 2.39. The molecular weight excluding hydrogens is 277 g/mol. The van der Waals surface area contributed by atoms with E-state index in [1.54, 1.807) is 0 Å². The van der Waals surface area contributed by atoms with Crippen LogP contribution in [0.15, 0.2) is 0 Å². The lowest BCUT2D eigenvalue weighted by atomic mass is 9.74. The van der Waals surface area contributed by atoms with Gasteiger partial charge in [0.2, 0.25) is 0 Å². The molecule has 1 rings (SSSR count). The van der Waals surface area contributed by atoms with Crippen LogP contribution in [0.25, 0.3) is 0 Å². The van der Waals surface area contributed by atoms with Crippen molar-refractivity contribution in [3.05, 3.63) is 0 Å². The van der Waals surface area contributed by atoms with Crippen LogP contribution in [-0.4, -0.2) is 23.6 Å². The minimum Gasteiger partial charge on any atom is -0.329 e. The molecule has 0 spiro atoms. The standard InChI is InChI=1S/C9H16IN3/c10-8(7-12)9(1-4-11)2-5-13-6-3-9/h8,13H,1-3,5-7,12H2. The summed E-state index contributed by atoms with van der Waals surface area (Å²) in [4.78, 5) is 0. The number of hydrogen-bond donors (Lipinski definition) is 2. The summed E-state index contributed by atoms with van der Waals surface area (Å²) in [6.45, 7) is 2.74. The number of nitrogens with one attached hydrogen (secondary N) is 1. The van der Waals surface area contributed by atoms with Crippen LogP contribution in [0, 0.1) is 16.7 Å². The predicted octanol–water partition coefficient (Wildman–Crippen LogP) is 1.03. The van der Waals surface area contributed by atoms with Gasteiger partial charge in [0, 0.05) is 16.9 Å². The van der Waals surface area contributed by atoms with Gasteiger partial charge in [-0.15, -0.1) is 0 Å². The highest BCUT2D eigenvalue weighted by molar-refractivity contribution is 14.1. The average molecular weight is 293 g/mol. The van der Waals surface area contributed by atoms with Gasteiger partial charge in [0.1, 0.15) is 0 Å². The molecule has 0 aromatic rings. The molecule has 1 atom stereocenters. The first-order valence-corrected chi connectivity index (χ1v) is 5.91. The molecule has 0 bridgehead atoms. The minimum absolute atomic E-state index is 0.176. The van der Waals surface area contributed by atoms with E-state index in [0.717, 1.165) is 25.9 Å². The monoisotopic (exact) mass is 293 g/mol. The van der Waals surface area contributed by atoms with Gasteiger partial charge in [-0.3, -0.25) is 0 Å². The second-order valence-corrected chi connectivity index (χ2v) is 5.15. The molecule has 74 valence electrons. The van der Waals surface area contributed by atoms with E-state index in [4.69, 9.17) is 11.0 Å². The Balaban J connectivity index is 2.67. The molecule has 1 unspecified atom stereocenters. The molecule has 1 fully saturated rings. The Labute approximate surface area is 93.2 Å². The molecule has 1 aliphatic rings. The molecule has 0 saturated carbocycles. The van der Waals surface area contributed by atoms with E-state index in [2.05, 4.69) is 34.0 Å². The lowest BCUT2D eigenvalue weighted by molar-refractivity contribution is 0.209. The van der Waals surface area contributed by atoms with E-state index < -0.39 is 0 Å². The first-order chi connectivity index (χ1) is 6.25. The number of rotatable bonds is 3. The van der Waals surface area contributed by atoms with Crippen molar-refractivity contribution in [3.8, 4) is 6.07 Å². The van der Waals surface area contributed by atoms with Crippen molar-refractivity contribution in [2.75, 3.05) is 19.6 Å². The maximum Gasteiger partial charge on any atom is 0.0628 e. The summed E-state index contributed by atoms with van der Waals surface area (Å²) < 4.78 is 0.437. The van der Waals surface area contributed by atoms with E-state index in [9.17, 15) is 0 Å². The Morgan fingerprint density at radius 2 is 2.15 bits per heavy atom. The third-order valence-corrected chi connectivity index (χ3v) is 4.73. The molecule has 3 nitrogen and oxygen atoms in total. The second kappa shape index (κ2) is 5.13. The van der Waals surface area contributed by atoms with Crippen molar-refractivity contribution in [1.82, 2.24) is 5.32 Å². The van der Waals surface area contributed by atoms with Crippen LogP contribution in [0.5, 0.6) is 0 Å². The fourth-order valence-corrected chi connectivity index (χ4v) is 2.78. The summed E-state index contributed by atoms with van der Waals surface area (Å²) in [6.07, 6.45) is 2.83. The topological polar surface area (TPSA) is 61.8 Å². The molecule has 0 aromatic carbocycles. The van der Waals surface area contributed by atoms with Crippen molar-refractivity contribution >= 4 is 22.6 Å². The Hall–Kier alpha value is 0.140. The molecule has 4 heteroatoms. The summed E-state index contributed by atoms with van der Waals surface area (Å²) in [5.74, 6) is 0. The van der Waals surface area contributed by atoms with Crippen LogP contribution in [0.1, 0.15) is 19.3 Å². The molecule has 0 aromatic heterocycles. The first kappa shape index (κ1) is 11.2. The zero-order valence-corrected chi connectivity index (χ0v) is 9.88. The zero-order chi connectivity index (χ0) is 9.73. The normalized spacial score (nSPS) is 23.5. The maximum atomic E-state index is 8.81. The Morgan fingerprint density at radius 3 is 2.62 bits per heavy atom. The molecule has 0 amide bonds. The van der Waals surface area contributed by atoms with E-state index in [1.165, 1.54) is 0 Å². The number of hydrogen-bond acceptors (Lipinski definition) is 3. The van der Waals surface area contributed by atoms with Gasteiger partial charge in [-0.25, -0.2) is 0 Å². The maximum absolute atomic E-state index is 8.81. The van der Waals surface area contributed by atoms with Gasteiger partial charge >= 0.3 is 0 Å². The minimum atomic E-state index is 0.176. The molecule has 0 aliphatic carbocycles. The van der Waals surface area contributed by atoms with Crippen molar-refractivity contribution < 1.29 is 0 Å². The fraction of sp³-hybridized carbons (Fsp3) is 0.889. The quantitative estimate of drug-likeness (QED) is 0.603. The average Bonchev–Trinajstić information content (AvgIpc) is 2.18. The van der Waals surface area contributed by atoms with E-state index in [0.29, 0.717) is 16.9 Å². The first-order valence-electron chi connectivity index (χ1n) is 4.67. The predicted molar refractivity (Wildman–Crippen MR) is 61.6 cm³/mol. The lowest BCUT2D eigenvalue weighted by Gasteiger charge is -2.39. The number of alkyl halides is 1. The molecule has 0 radical (unpaired) electrons. The van der Waals surface area contributed by atoms with Crippen LogP contribution in [0.2, 0.25) is 0 Å². The second-order valence-electron chi connectivity index (χ2n) is 3.65. The fourth-order valence-electron chi connectivity index (χ4n) is 1.93. The van der Waals surface area contributed by atoms with E-state index in [1.807, 2.05) is 0 Å². The van der Waals surface area contributed by atoms with Crippen LogP contribution < -0.4 is 11.1 Å². The number of halogens is 1. The molecular formula is C9H16IN3. The summed E-state index contributed by atoms with van der Waals surface area (Å²) in [5.41, 5.74) is 5.86. The Bertz CT molecular complexity index is 194. The summed E-state index contributed by atoms with van der Waals surface area (Å²) in [7, 11) is 0. The van der Waals surface area contributed by atoms with Crippen molar-refractivity contribution in [1.29, 1.82) is 5.26 Å². The van der Waals surface area contributed by atoms with Gasteiger partial charge in [0.15, 0.2) is 0 Å². The van der Waals surface area contributed by atoms with Crippen LogP contribution in [0.3, 0.4) is 0 Å². The van der Waals surface area contributed by atoms with Crippen LogP contribution in [-0.2, 0) is 0 Å². The highest BCUT2D eigenvalue weighted by Gasteiger charge is 2.37. The summed E-state index contributed by atoms with van der Waals surface area (Å²) in [6, 6.07) is 2.31. The molecule has 1 saturated heterocycles. The SMILES string of the molecule is N#CCC1(C(I)CN)CCNCC1. The number of nitrogens with zero attached hydrogens (tertiary/aromatic N) is 1. The zero-order valence-electron chi connectivity index (χ0n) is 7.72. The van der Waals surface area contributed by atoms with Gasteiger partial charge in [-0.1, -0.05) is 22.6 Å². The van der Waals surface area contributed by atoms with Crippen LogP contribution in [0.4, 0.5) is 0 Å². The molecule has 1 aliphatic heterocycles. The van der Waals surface area contributed by atoms with E-state index >= 15 is 0 Å². The lowest BCUT2D eigenvalue weighted by Crippen LogP contribution is -2.44. The van der Waals surface area contributed by atoms with Gasteiger partial charge < -0.3 is 11.1 Å². The summed E-state index contributed by atoms with van der Waals surface area (Å²) in [5, 5.41) is 12.1. The van der Waals surface area contributed by atoms with Crippen molar-refractivity contribution in [3.63, 3.8) is 0 Å². The van der Waals surface area contributed by atoms with Gasteiger partial charge in [-0.05, 0) is 31.3 Å². The highest BCUT2D eigenvalue weighted by atomic mass is 127. The smallest absolute Gasteiger partial charge is 0.0628 e. The summed E-state index contributed by atoms with van der Waals surface area (Å²) >= 11 is 2.40. The van der Waals surface area contributed by atoms with Crippen LogP contribution >= 0.6 is 22.6 Å². The van der Waals surface area contributed by atoms with Crippen molar-refractivity contribution in [2.45, 2.75) is 23.2 Å². The Kier molecular flexibility index (Phi) is 4.42. The van der Waals surface area contributed by atoms with Gasteiger partial charge in [0.05, 0.1) is 6.07 Å². The van der Waals surface area contributed by atoms with Crippen molar-refractivity contribution in [2.24, 2.45) is 11.1 Å². The van der Waals surface area contributed by atoms with Gasteiger partial charge in [-0.2, -0.15) is 5.26 Å². The molecule has 1 heterocycles. The van der Waals surface area contributed by atoms with Gasteiger partial charge in [0.25, 0.3) is 0 Å². The third-order valence-electron chi connectivity index (χ3n) is 2.90.